The average molecular weight is 528 g/mol. The summed E-state index contributed by atoms with van der Waals surface area (Å²) in [5.41, 5.74) is 4.79. The molecule has 6 rings (SSSR count). The Labute approximate surface area is 227 Å². The molecule has 0 spiro atoms. The van der Waals surface area contributed by atoms with Crippen LogP contribution >= 0.6 is 11.6 Å². The van der Waals surface area contributed by atoms with Crippen LogP contribution in [0.15, 0.2) is 79.0 Å². The van der Waals surface area contributed by atoms with Crippen molar-refractivity contribution in [3.8, 4) is 11.3 Å². The number of aromatic nitrogens is 2. The van der Waals surface area contributed by atoms with Crippen LogP contribution < -0.4 is 4.90 Å². The van der Waals surface area contributed by atoms with Gasteiger partial charge < -0.3 is 9.30 Å². The molecule has 2 bridgehead atoms. The lowest BCUT2D eigenvalue weighted by Crippen LogP contribution is -2.66. The Morgan fingerprint density at radius 3 is 2.34 bits per heavy atom. The van der Waals surface area contributed by atoms with Crippen molar-refractivity contribution >= 4 is 34.7 Å². The molecule has 2 atom stereocenters. The number of urea groups is 1. The molecule has 0 radical (unpaired) electrons. The van der Waals surface area contributed by atoms with E-state index in [9.17, 15) is 9.59 Å². The normalized spacial score (nSPS) is 19.6. The van der Waals surface area contributed by atoms with E-state index in [-0.39, 0.29) is 23.9 Å². The first kappa shape index (κ1) is 24.6. The highest BCUT2D eigenvalue weighted by atomic mass is 35.5. The van der Waals surface area contributed by atoms with E-state index < -0.39 is 0 Å². The number of piperidine rings is 1. The van der Waals surface area contributed by atoms with Crippen molar-refractivity contribution in [2.24, 2.45) is 0 Å². The summed E-state index contributed by atoms with van der Waals surface area (Å²) in [6.45, 7) is 4.51. The van der Waals surface area contributed by atoms with Gasteiger partial charge in [0.15, 0.2) is 0 Å². The van der Waals surface area contributed by atoms with Crippen LogP contribution in [0.4, 0.5) is 10.5 Å². The quantitative estimate of drug-likeness (QED) is 0.343. The van der Waals surface area contributed by atoms with Crippen molar-refractivity contribution in [1.82, 2.24) is 19.2 Å². The summed E-state index contributed by atoms with van der Waals surface area (Å²) in [4.78, 5) is 37.5. The van der Waals surface area contributed by atoms with Crippen LogP contribution in [0, 0.1) is 0 Å². The molecule has 2 unspecified atom stereocenters. The number of hydrogen-bond acceptors (Lipinski definition) is 4. The number of pyridine rings is 1. The number of rotatable bonds is 5. The van der Waals surface area contributed by atoms with Crippen LogP contribution in [0.3, 0.4) is 0 Å². The number of anilines is 1. The molecule has 0 saturated carbocycles. The molecule has 4 aromatic rings. The lowest BCUT2D eigenvalue weighted by Gasteiger charge is -2.50. The van der Waals surface area contributed by atoms with Crippen LogP contribution in [0.5, 0.6) is 0 Å². The van der Waals surface area contributed by atoms with Gasteiger partial charge >= 0.3 is 6.03 Å². The summed E-state index contributed by atoms with van der Waals surface area (Å²) in [5.74, 6) is 0.239. The van der Waals surface area contributed by atoms with Crippen LogP contribution in [0.25, 0.3) is 16.9 Å². The first-order chi connectivity index (χ1) is 18.5. The average Bonchev–Trinajstić information content (AvgIpc) is 3.27. The van der Waals surface area contributed by atoms with Gasteiger partial charge in [-0.15, -0.1) is 0 Å². The van der Waals surface area contributed by atoms with Gasteiger partial charge in [0.25, 0.3) is 0 Å². The maximum Gasteiger partial charge on any atom is 0.325 e. The molecule has 8 heteroatoms. The molecule has 2 aromatic carbocycles. The zero-order valence-corrected chi connectivity index (χ0v) is 22.1. The Morgan fingerprint density at radius 1 is 0.974 bits per heavy atom. The Morgan fingerprint density at radius 2 is 1.66 bits per heavy atom. The van der Waals surface area contributed by atoms with E-state index in [0.29, 0.717) is 44.0 Å². The van der Waals surface area contributed by atoms with Crippen molar-refractivity contribution in [3.63, 3.8) is 0 Å². The van der Waals surface area contributed by atoms with Gasteiger partial charge in [-0.1, -0.05) is 48.0 Å². The summed E-state index contributed by atoms with van der Waals surface area (Å²) >= 11 is 6.15. The summed E-state index contributed by atoms with van der Waals surface area (Å²) in [6, 6.07) is 23.2. The number of hydrogen-bond donors (Lipinski definition) is 0. The molecule has 0 N–H and O–H groups in total. The van der Waals surface area contributed by atoms with Gasteiger partial charge in [0.1, 0.15) is 11.4 Å². The van der Waals surface area contributed by atoms with Gasteiger partial charge in [0.2, 0.25) is 0 Å². The molecule has 4 heterocycles. The van der Waals surface area contributed by atoms with Crippen LogP contribution in [0.2, 0.25) is 5.02 Å². The predicted molar refractivity (Wildman–Crippen MR) is 149 cm³/mol. The number of carbonyl (C=O) groups is 2. The van der Waals surface area contributed by atoms with E-state index in [4.69, 9.17) is 16.6 Å². The highest BCUT2D eigenvalue weighted by Crippen LogP contribution is 2.32. The highest BCUT2D eigenvalue weighted by Gasteiger charge is 2.44. The van der Waals surface area contributed by atoms with Crippen LogP contribution in [-0.2, 0) is 11.3 Å². The third-order valence-corrected chi connectivity index (χ3v) is 7.86. The summed E-state index contributed by atoms with van der Waals surface area (Å²) < 4.78 is 2.14. The maximum absolute atomic E-state index is 13.8. The predicted octanol–water partition coefficient (Wildman–Crippen LogP) is 5.52. The van der Waals surface area contributed by atoms with Gasteiger partial charge in [0.05, 0.1) is 23.5 Å². The van der Waals surface area contributed by atoms with E-state index in [1.165, 1.54) is 0 Å². The Hall–Kier alpha value is -3.68. The third-order valence-electron chi connectivity index (χ3n) is 7.61. The number of halogens is 1. The van der Waals surface area contributed by atoms with Gasteiger partial charge in [-0.3, -0.25) is 14.6 Å². The number of imidazole rings is 1. The number of piperazine rings is 1. The fourth-order valence-electron chi connectivity index (χ4n) is 5.94. The maximum atomic E-state index is 13.8. The van der Waals surface area contributed by atoms with Crippen molar-refractivity contribution in [2.45, 2.75) is 38.4 Å². The number of ketones is 1. The van der Waals surface area contributed by atoms with E-state index in [0.717, 1.165) is 28.3 Å². The fraction of sp³-hybridized carbons (Fsp3) is 0.300. The molecular weight excluding hydrogens is 498 g/mol. The fourth-order valence-corrected chi connectivity index (χ4v) is 6.07. The van der Waals surface area contributed by atoms with E-state index in [1.54, 1.807) is 0 Å². The Kier molecular flexibility index (Phi) is 6.64. The van der Waals surface area contributed by atoms with E-state index >= 15 is 0 Å². The second-order valence-electron chi connectivity index (χ2n) is 10.1. The zero-order valence-electron chi connectivity index (χ0n) is 21.3. The molecule has 2 amide bonds. The molecule has 194 valence electrons. The summed E-state index contributed by atoms with van der Waals surface area (Å²) in [7, 11) is 0. The molecular formula is C30H30ClN5O2. The molecule has 2 aliphatic heterocycles. The molecule has 0 aliphatic carbocycles. The number of likely N-dealkylation sites (tertiary alicyclic amines) is 1. The smallest absolute Gasteiger partial charge is 0.315 e. The standard InChI is InChI=1S/C30H30ClN5O2/c1-2-34(23-8-4-3-5-9-23)30(38)36-24-16-26(37)17-25(36)19-33(18-24)20-27-29(21-11-13-22(31)14-12-21)32-28-10-6-7-15-35(27)28/h3-15,24-25H,2,16-20H2,1H3. The van der Waals surface area contributed by atoms with Gasteiger partial charge in [0, 0.05) is 61.5 Å². The number of Topliss-reactive ketones (excluding diaryl/α,β-unsaturated/α-hetero) is 1. The second-order valence-corrected chi connectivity index (χ2v) is 10.5. The number of benzene rings is 2. The molecule has 2 saturated heterocycles. The molecule has 7 nitrogen and oxygen atoms in total. The largest absolute Gasteiger partial charge is 0.325 e. The lowest BCUT2D eigenvalue weighted by atomic mass is 9.90. The van der Waals surface area contributed by atoms with Crippen molar-refractivity contribution < 1.29 is 9.59 Å². The lowest BCUT2D eigenvalue weighted by molar-refractivity contribution is -0.126. The molecule has 2 aromatic heterocycles. The van der Waals surface area contributed by atoms with Crippen LogP contribution in [0.1, 0.15) is 25.5 Å². The van der Waals surface area contributed by atoms with Gasteiger partial charge in [-0.25, -0.2) is 9.78 Å². The molecule has 2 aliphatic rings. The Balaban J connectivity index is 1.29. The van der Waals surface area contributed by atoms with Gasteiger partial charge in [-0.2, -0.15) is 0 Å². The van der Waals surface area contributed by atoms with Gasteiger partial charge in [-0.05, 0) is 43.3 Å². The first-order valence-electron chi connectivity index (χ1n) is 13.1. The molecule has 2 fully saturated rings. The Bertz CT molecular complexity index is 1450. The SMILES string of the molecule is CCN(C(=O)N1C2CC(=O)CC1CN(Cc1c(-c3ccc(Cl)cc3)nc3ccccn13)C2)c1ccccc1. The minimum absolute atomic E-state index is 0.0162. The van der Waals surface area contributed by atoms with Crippen molar-refractivity contribution in [3.05, 3.63) is 89.7 Å². The summed E-state index contributed by atoms with van der Waals surface area (Å²) in [5, 5.41) is 0.689. The third kappa shape index (κ3) is 4.57. The van der Waals surface area contributed by atoms with Crippen LogP contribution in [-0.4, -0.2) is 62.7 Å². The number of amides is 2. The number of carbonyl (C=O) groups excluding carboxylic acids is 2. The first-order valence-corrected chi connectivity index (χ1v) is 13.5. The number of para-hydroxylation sites is 1. The van der Waals surface area contributed by atoms with E-state index in [2.05, 4.69) is 9.30 Å². The summed E-state index contributed by atoms with van der Waals surface area (Å²) in [6.07, 6.45) is 2.82. The van der Waals surface area contributed by atoms with Crippen molar-refractivity contribution in [1.29, 1.82) is 0 Å². The highest BCUT2D eigenvalue weighted by molar-refractivity contribution is 6.30. The second kappa shape index (κ2) is 10.2. The topological polar surface area (TPSA) is 61.2 Å². The minimum atomic E-state index is -0.154. The van der Waals surface area contributed by atoms with E-state index in [1.807, 2.05) is 95.7 Å². The minimum Gasteiger partial charge on any atom is -0.315 e. The zero-order chi connectivity index (χ0) is 26.2. The number of fused-ring (bicyclic) bond motifs is 3. The van der Waals surface area contributed by atoms with Crippen molar-refractivity contribution in [2.75, 3.05) is 24.5 Å². The molecule has 38 heavy (non-hydrogen) atoms. The monoisotopic (exact) mass is 527 g/mol. The number of nitrogens with zero attached hydrogens (tertiary/aromatic N) is 5.